The zero-order valence-corrected chi connectivity index (χ0v) is 14.8. The van der Waals surface area contributed by atoms with Crippen LogP contribution < -0.4 is 0 Å². The Kier molecular flexibility index (Phi) is 4.09. The van der Waals surface area contributed by atoms with E-state index in [2.05, 4.69) is 9.55 Å². The van der Waals surface area contributed by atoms with E-state index in [1.165, 1.54) is 0 Å². The summed E-state index contributed by atoms with van der Waals surface area (Å²) in [6.07, 6.45) is 6.37. The number of fused-ring (bicyclic) bond motifs is 1. The molecule has 25 heavy (non-hydrogen) atoms. The van der Waals surface area contributed by atoms with Crippen LogP contribution in [0.3, 0.4) is 0 Å². The highest BCUT2D eigenvalue weighted by Gasteiger charge is 2.34. The number of hydrogen-bond donors (Lipinski definition) is 0. The van der Waals surface area contributed by atoms with Crippen LogP contribution in [0, 0.1) is 0 Å². The van der Waals surface area contributed by atoms with E-state index in [1.807, 2.05) is 25.1 Å². The number of hydrogen-bond acceptors (Lipinski definition) is 5. The highest BCUT2D eigenvalue weighted by molar-refractivity contribution is 7.89. The molecule has 0 unspecified atom stereocenters. The molecule has 4 rings (SSSR count). The molecule has 0 saturated carbocycles. The molecular formula is C17H20N4O3S. The van der Waals surface area contributed by atoms with Gasteiger partial charge in [0.05, 0.1) is 23.6 Å². The Morgan fingerprint density at radius 3 is 3.00 bits per heavy atom. The van der Waals surface area contributed by atoms with E-state index < -0.39 is 10.0 Å². The molecule has 0 bridgehead atoms. The number of furan rings is 1. The smallest absolute Gasteiger partial charge is 0.214 e. The standard InChI is InChI=1S/C17H20N4O3S/c1-2-10-25(22,23)20-8-5-14(11-20)21-16(13-6-9-24-12-13)19-15-4-3-7-18-17(15)21/h3-4,6-7,9,12,14H,2,5,8,10-11H2,1H3/t14-/m0/s1. The van der Waals surface area contributed by atoms with E-state index in [9.17, 15) is 8.42 Å². The number of nitrogens with zero attached hydrogens (tertiary/aromatic N) is 4. The minimum Gasteiger partial charge on any atom is -0.472 e. The van der Waals surface area contributed by atoms with Gasteiger partial charge in [-0.2, -0.15) is 4.31 Å². The van der Waals surface area contributed by atoms with Gasteiger partial charge in [0, 0.05) is 19.3 Å². The number of pyridine rings is 1. The maximum absolute atomic E-state index is 12.4. The monoisotopic (exact) mass is 360 g/mol. The average Bonchev–Trinajstić information content (AvgIpc) is 3.32. The Morgan fingerprint density at radius 1 is 1.36 bits per heavy atom. The second-order valence-electron chi connectivity index (χ2n) is 6.28. The van der Waals surface area contributed by atoms with Gasteiger partial charge in [0.15, 0.2) is 5.65 Å². The predicted molar refractivity (Wildman–Crippen MR) is 94.5 cm³/mol. The summed E-state index contributed by atoms with van der Waals surface area (Å²) in [5.41, 5.74) is 2.44. The van der Waals surface area contributed by atoms with E-state index in [-0.39, 0.29) is 11.8 Å². The van der Waals surface area contributed by atoms with Gasteiger partial charge in [-0.15, -0.1) is 0 Å². The lowest BCUT2D eigenvalue weighted by Crippen LogP contribution is -2.31. The average molecular weight is 360 g/mol. The highest BCUT2D eigenvalue weighted by atomic mass is 32.2. The van der Waals surface area contributed by atoms with Crippen molar-refractivity contribution >= 4 is 21.2 Å². The van der Waals surface area contributed by atoms with Crippen molar-refractivity contribution in [2.75, 3.05) is 18.8 Å². The van der Waals surface area contributed by atoms with Crippen LogP contribution in [-0.4, -0.2) is 46.1 Å². The van der Waals surface area contributed by atoms with E-state index in [0.717, 1.165) is 29.0 Å². The van der Waals surface area contributed by atoms with Gasteiger partial charge >= 0.3 is 0 Å². The van der Waals surface area contributed by atoms with Crippen LogP contribution in [0.4, 0.5) is 0 Å². The quantitative estimate of drug-likeness (QED) is 0.699. The Hall–Kier alpha value is -2.19. The first kappa shape index (κ1) is 16.3. The molecule has 1 aliphatic rings. The van der Waals surface area contributed by atoms with E-state index >= 15 is 0 Å². The summed E-state index contributed by atoms with van der Waals surface area (Å²) in [6.45, 7) is 2.87. The summed E-state index contributed by atoms with van der Waals surface area (Å²) >= 11 is 0. The van der Waals surface area contributed by atoms with E-state index in [4.69, 9.17) is 9.40 Å². The summed E-state index contributed by atoms with van der Waals surface area (Å²) < 4.78 is 33.7. The number of rotatable bonds is 5. The van der Waals surface area contributed by atoms with Crippen LogP contribution in [0.1, 0.15) is 25.8 Å². The van der Waals surface area contributed by atoms with Crippen molar-refractivity contribution in [3.05, 3.63) is 36.9 Å². The normalized spacial score (nSPS) is 19.0. The second-order valence-corrected chi connectivity index (χ2v) is 8.37. The zero-order valence-electron chi connectivity index (χ0n) is 14.0. The van der Waals surface area contributed by atoms with Gasteiger partial charge in [-0.1, -0.05) is 6.92 Å². The van der Waals surface area contributed by atoms with Crippen LogP contribution in [0.15, 0.2) is 41.3 Å². The molecule has 4 heterocycles. The highest BCUT2D eigenvalue weighted by Crippen LogP contribution is 2.33. The van der Waals surface area contributed by atoms with Crippen molar-refractivity contribution < 1.29 is 12.8 Å². The molecule has 0 amide bonds. The fraction of sp³-hybridized carbons (Fsp3) is 0.412. The van der Waals surface area contributed by atoms with Crippen molar-refractivity contribution in [2.24, 2.45) is 0 Å². The molecule has 7 nitrogen and oxygen atoms in total. The fourth-order valence-electron chi connectivity index (χ4n) is 3.43. The fourth-order valence-corrected chi connectivity index (χ4v) is 4.99. The molecule has 0 N–H and O–H groups in total. The van der Waals surface area contributed by atoms with E-state index in [1.54, 1.807) is 23.0 Å². The van der Waals surface area contributed by atoms with Crippen molar-refractivity contribution in [3.63, 3.8) is 0 Å². The first-order chi connectivity index (χ1) is 12.1. The molecule has 1 aliphatic heterocycles. The molecule has 132 valence electrons. The van der Waals surface area contributed by atoms with Crippen molar-refractivity contribution in [3.8, 4) is 11.4 Å². The number of aromatic nitrogens is 3. The van der Waals surface area contributed by atoms with Crippen LogP contribution in [0.2, 0.25) is 0 Å². The summed E-state index contributed by atoms with van der Waals surface area (Å²) in [5.74, 6) is 0.958. The van der Waals surface area contributed by atoms with Crippen molar-refractivity contribution in [1.29, 1.82) is 0 Å². The predicted octanol–water partition coefficient (Wildman–Crippen LogP) is 2.68. The van der Waals surface area contributed by atoms with Crippen molar-refractivity contribution in [2.45, 2.75) is 25.8 Å². The van der Waals surface area contributed by atoms with Crippen molar-refractivity contribution in [1.82, 2.24) is 18.8 Å². The van der Waals surface area contributed by atoms with Crippen LogP contribution in [0.5, 0.6) is 0 Å². The Bertz CT molecular complexity index is 979. The SMILES string of the molecule is CCCS(=O)(=O)N1CC[C@H](n2c(-c3ccoc3)nc3cccnc32)C1. The molecular weight excluding hydrogens is 340 g/mol. The van der Waals surface area contributed by atoms with Gasteiger partial charge in [-0.25, -0.2) is 18.4 Å². The van der Waals surface area contributed by atoms with Crippen LogP contribution in [0.25, 0.3) is 22.6 Å². The topological polar surface area (TPSA) is 81.2 Å². The van der Waals surface area contributed by atoms with Gasteiger partial charge in [-0.3, -0.25) is 0 Å². The molecule has 0 spiro atoms. The molecule has 0 aromatic carbocycles. The maximum Gasteiger partial charge on any atom is 0.214 e. The summed E-state index contributed by atoms with van der Waals surface area (Å²) in [4.78, 5) is 9.18. The second kappa shape index (κ2) is 6.27. The van der Waals surface area contributed by atoms with Gasteiger partial charge in [0.1, 0.15) is 17.6 Å². The lowest BCUT2D eigenvalue weighted by molar-refractivity contribution is 0.454. The minimum absolute atomic E-state index is 0.0106. The van der Waals surface area contributed by atoms with Gasteiger partial charge < -0.3 is 8.98 Å². The Balaban J connectivity index is 1.76. The third-order valence-corrected chi connectivity index (χ3v) is 6.62. The summed E-state index contributed by atoms with van der Waals surface area (Å²) in [6, 6.07) is 5.64. The van der Waals surface area contributed by atoms with E-state index in [0.29, 0.717) is 19.5 Å². The summed E-state index contributed by atoms with van der Waals surface area (Å²) in [5, 5.41) is 0. The molecule has 1 atom stereocenters. The molecule has 0 aliphatic carbocycles. The maximum atomic E-state index is 12.4. The third-order valence-electron chi connectivity index (χ3n) is 4.57. The zero-order chi connectivity index (χ0) is 17.4. The minimum atomic E-state index is -3.19. The third kappa shape index (κ3) is 2.85. The number of imidazole rings is 1. The molecule has 0 radical (unpaired) electrons. The first-order valence-electron chi connectivity index (χ1n) is 8.43. The molecule has 3 aromatic heterocycles. The van der Waals surface area contributed by atoms with Gasteiger partial charge in [0.25, 0.3) is 0 Å². The Morgan fingerprint density at radius 2 is 2.24 bits per heavy atom. The lowest BCUT2D eigenvalue weighted by atomic mass is 10.2. The largest absolute Gasteiger partial charge is 0.472 e. The molecule has 3 aromatic rings. The Labute approximate surface area is 146 Å². The number of sulfonamides is 1. The van der Waals surface area contributed by atoms with Crippen LogP contribution >= 0.6 is 0 Å². The van der Waals surface area contributed by atoms with Crippen LogP contribution in [-0.2, 0) is 10.0 Å². The molecule has 1 fully saturated rings. The summed E-state index contributed by atoms with van der Waals surface area (Å²) in [7, 11) is -3.19. The molecule has 1 saturated heterocycles. The first-order valence-corrected chi connectivity index (χ1v) is 10.0. The molecule has 8 heteroatoms. The van der Waals surface area contributed by atoms with Gasteiger partial charge in [0.2, 0.25) is 10.0 Å². The lowest BCUT2D eigenvalue weighted by Gasteiger charge is -2.18. The van der Waals surface area contributed by atoms with Gasteiger partial charge in [-0.05, 0) is 31.0 Å².